The van der Waals surface area contributed by atoms with Crippen molar-refractivity contribution < 1.29 is 9.47 Å². The summed E-state index contributed by atoms with van der Waals surface area (Å²) in [5, 5.41) is 4.10. The van der Waals surface area contributed by atoms with Gasteiger partial charge in [0.2, 0.25) is 0 Å². The Kier molecular flexibility index (Phi) is 5.29. The predicted molar refractivity (Wildman–Crippen MR) is 73.3 cm³/mol. The maximum Gasteiger partial charge on any atom is 0.126 e. The van der Waals surface area contributed by atoms with Crippen LogP contribution in [0.15, 0.2) is 24.3 Å². The van der Waals surface area contributed by atoms with E-state index in [0.29, 0.717) is 12.5 Å². The van der Waals surface area contributed by atoms with Gasteiger partial charge in [-0.3, -0.25) is 0 Å². The van der Waals surface area contributed by atoms with Crippen LogP contribution in [0, 0.1) is 5.92 Å². The van der Waals surface area contributed by atoms with Crippen LogP contribution in [0.3, 0.4) is 0 Å². The van der Waals surface area contributed by atoms with Crippen molar-refractivity contribution in [3.63, 3.8) is 0 Å². The molecule has 0 amide bonds. The topological polar surface area (TPSA) is 30.5 Å². The van der Waals surface area contributed by atoms with Crippen molar-refractivity contribution in [2.24, 2.45) is 5.92 Å². The first-order valence-corrected chi connectivity index (χ1v) is 6.88. The van der Waals surface area contributed by atoms with Crippen molar-refractivity contribution in [3.05, 3.63) is 29.3 Å². The number of hydrogen-bond acceptors (Lipinski definition) is 3. The molecule has 0 bridgehead atoms. The molecule has 0 radical (unpaired) electrons. The minimum Gasteiger partial charge on any atom is -0.488 e. The van der Waals surface area contributed by atoms with E-state index in [2.05, 4.69) is 5.32 Å². The summed E-state index contributed by atoms with van der Waals surface area (Å²) in [6, 6.07) is 7.51. The van der Waals surface area contributed by atoms with E-state index in [1.165, 1.54) is 0 Å². The molecule has 1 aromatic rings. The molecule has 2 atom stereocenters. The van der Waals surface area contributed by atoms with Gasteiger partial charge in [-0.25, -0.2) is 0 Å². The minimum absolute atomic E-state index is 0.112. The number of ether oxygens (including phenoxy) is 2. The summed E-state index contributed by atoms with van der Waals surface area (Å²) in [6.45, 7) is 5.45. The quantitative estimate of drug-likeness (QED) is 0.861. The Balaban J connectivity index is 1.97. The van der Waals surface area contributed by atoms with Crippen molar-refractivity contribution in [1.82, 2.24) is 5.32 Å². The molecule has 0 saturated carbocycles. The molecule has 1 aliphatic rings. The summed E-state index contributed by atoms with van der Waals surface area (Å²) in [6.07, 6.45) is 1.26. The third kappa shape index (κ3) is 3.87. The van der Waals surface area contributed by atoms with E-state index in [4.69, 9.17) is 21.1 Å². The van der Waals surface area contributed by atoms with Gasteiger partial charge in [-0.1, -0.05) is 11.6 Å². The van der Waals surface area contributed by atoms with Gasteiger partial charge in [0.25, 0.3) is 0 Å². The molecule has 2 rings (SSSR count). The smallest absolute Gasteiger partial charge is 0.126 e. The molecule has 1 unspecified atom stereocenters. The highest BCUT2D eigenvalue weighted by molar-refractivity contribution is 6.30. The van der Waals surface area contributed by atoms with E-state index in [1.807, 2.05) is 31.2 Å². The molecule has 18 heavy (non-hydrogen) atoms. The second-order valence-corrected chi connectivity index (χ2v) is 4.96. The number of hydrogen-bond donors (Lipinski definition) is 1. The lowest BCUT2D eigenvalue weighted by Crippen LogP contribution is -2.33. The van der Waals surface area contributed by atoms with E-state index < -0.39 is 0 Å². The Morgan fingerprint density at radius 1 is 1.39 bits per heavy atom. The summed E-state index contributed by atoms with van der Waals surface area (Å²) >= 11 is 5.87. The van der Waals surface area contributed by atoms with Crippen LogP contribution >= 0.6 is 11.6 Å². The van der Waals surface area contributed by atoms with E-state index in [9.17, 15) is 0 Å². The second kappa shape index (κ2) is 6.98. The third-order valence-electron chi connectivity index (χ3n) is 3.21. The number of benzene rings is 1. The van der Waals surface area contributed by atoms with Gasteiger partial charge in [0.1, 0.15) is 11.9 Å². The van der Waals surface area contributed by atoms with Crippen LogP contribution in [0.1, 0.15) is 13.3 Å². The van der Waals surface area contributed by atoms with Gasteiger partial charge < -0.3 is 14.8 Å². The van der Waals surface area contributed by atoms with Crippen LogP contribution in [0.2, 0.25) is 5.02 Å². The van der Waals surface area contributed by atoms with Crippen molar-refractivity contribution in [1.29, 1.82) is 0 Å². The monoisotopic (exact) mass is 269 g/mol. The van der Waals surface area contributed by atoms with Gasteiger partial charge in [-0.05, 0) is 44.2 Å². The highest BCUT2D eigenvalue weighted by Crippen LogP contribution is 2.22. The Hall–Kier alpha value is -0.770. The fourth-order valence-corrected chi connectivity index (χ4v) is 2.31. The summed E-state index contributed by atoms with van der Waals surface area (Å²) in [5.74, 6) is 1.38. The molecule has 1 aliphatic heterocycles. The summed E-state index contributed by atoms with van der Waals surface area (Å²) in [7, 11) is 0. The van der Waals surface area contributed by atoms with E-state index in [1.54, 1.807) is 0 Å². The number of nitrogens with one attached hydrogen (secondary N) is 1. The molecule has 1 aromatic carbocycles. The van der Waals surface area contributed by atoms with E-state index >= 15 is 0 Å². The average molecular weight is 270 g/mol. The lowest BCUT2D eigenvalue weighted by atomic mass is 10.0. The predicted octanol–water partition coefficient (Wildman–Crippen LogP) is 2.73. The molecule has 0 aliphatic carbocycles. The normalized spacial score (nSPS) is 20.9. The van der Waals surface area contributed by atoms with Gasteiger partial charge in [0.15, 0.2) is 0 Å². The van der Waals surface area contributed by atoms with Gasteiger partial charge in [0, 0.05) is 24.1 Å². The molecule has 1 heterocycles. The molecule has 4 heteroatoms. The van der Waals surface area contributed by atoms with Crippen molar-refractivity contribution >= 4 is 11.6 Å². The first-order chi connectivity index (χ1) is 8.79. The van der Waals surface area contributed by atoms with Gasteiger partial charge >= 0.3 is 0 Å². The third-order valence-corrected chi connectivity index (χ3v) is 3.46. The minimum atomic E-state index is 0.112. The maximum atomic E-state index is 6.03. The highest BCUT2D eigenvalue weighted by Gasteiger charge is 2.26. The van der Waals surface area contributed by atoms with Gasteiger partial charge in [-0.2, -0.15) is 0 Å². The van der Waals surface area contributed by atoms with Crippen LogP contribution in [0.4, 0.5) is 0 Å². The van der Waals surface area contributed by atoms with Crippen LogP contribution in [0.5, 0.6) is 5.75 Å². The lowest BCUT2D eigenvalue weighted by Gasteiger charge is -2.24. The molecule has 1 N–H and O–H groups in total. The van der Waals surface area contributed by atoms with Crippen molar-refractivity contribution in [3.8, 4) is 5.75 Å². The highest BCUT2D eigenvalue weighted by atomic mass is 35.5. The second-order valence-electron chi connectivity index (χ2n) is 4.52. The number of halogens is 1. The Bertz CT molecular complexity index is 349. The first-order valence-electron chi connectivity index (χ1n) is 6.50. The van der Waals surface area contributed by atoms with Crippen LogP contribution in [-0.4, -0.2) is 32.4 Å². The molecule has 100 valence electrons. The lowest BCUT2D eigenvalue weighted by molar-refractivity contribution is 0.0291. The van der Waals surface area contributed by atoms with Crippen molar-refractivity contribution in [2.75, 3.05) is 26.3 Å². The molecule has 1 fully saturated rings. The Morgan fingerprint density at radius 2 is 2.17 bits per heavy atom. The molecule has 0 spiro atoms. The zero-order valence-electron chi connectivity index (χ0n) is 10.7. The van der Waals surface area contributed by atoms with E-state index in [0.717, 1.165) is 36.9 Å². The molecular formula is C14H20ClNO2. The summed E-state index contributed by atoms with van der Waals surface area (Å²) in [4.78, 5) is 0. The fourth-order valence-electron chi connectivity index (χ4n) is 2.18. The van der Waals surface area contributed by atoms with E-state index in [-0.39, 0.29) is 6.10 Å². The standard InChI is InChI=1S/C14H20ClNO2/c1-2-17-10-14(11-7-8-16-9-11)18-13-5-3-12(15)4-6-13/h3-6,11,14,16H,2,7-10H2,1H3/t11?,14-/m0/s1. The van der Waals surface area contributed by atoms with Crippen LogP contribution in [-0.2, 0) is 4.74 Å². The van der Waals surface area contributed by atoms with Crippen molar-refractivity contribution in [2.45, 2.75) is 19.4 Å². The molecule has 3 nitrogen and oxygen atoms in total. The maximum absolute atomic E-state index is 6.03. The molecule has 0 aromatic heterocycles. The summed E-state index contributed by atoms with van der Waals surface area (Å²) < 4.78 is 11.6. The zero-order chi connectivity index (χ0) is 12.8. The Morgan fingerprint density at radius 3 is 2.78 bits per heavy atom. The fraction of sp³-hybridized carbons (Fsp3) is 0.571. The Labute approximate surface area is 113 Å². The first kappa shape index (κ1) is 13.7. The molecular weight excluding hydrogens is 250 g/mol. The largest absolute Gasteiger partial charge is 0.488 e. The number of rotatable bonds is 6. The average Bonchev–Trinajstić information content (AvgIpc) is 2.90. The molecule has 1 saturated heterocycles. The van der Waals surface area contributed by atoms with Gasteiger partial charge in [0.05, 0.1) is 6.61 Å². The van der Waals surface area contributed by atoms with Crippen LogP contribution in [0.25, 0.3) is 0 Å². The SMILES string of the molecule is CCOC[C@H](Oc1ccc(Cl)cc1)C1CCNC1. The van der Waals surface area contributed by atoms with Gasteiger partial charge in [-0.15, -0.1) is 0 Å². The zero-order valence-corrected chi connectivity index (χ0v) is 11.5. The van der Waals surface area contributed by atoms with Crippen LogP contribution < -0.4 is 10.1 Å². The summed E-state index contributed by atoms with van der Waals surface area (Å²) in [5.41, 5.74) is 0.